The molecule has 0 amide bonds. The van der Waals surface area contributed by atoms with Gasteiger partial charge in [0.15, 0.2) is 0 Å². The molecular formula is C14H22O5. The fourth-order valence-corrected chi connectivity index (χ4v) is 2.42. The summed E-state index contributed by atoms with van der Waals surface area (Å²) >= 11 is 0. The number of carbonyl (C=O) groups excluding carboxylic acids is 1. The summed E-state index contributed by atoms with van der Waals surface area (Å²) in [5.74, 6) is -0.989. The van der Waals surface area contributed by atoms with Gasteiger partial charge in [-0.3, -0.25) is 0 Å². The molecule has 0 aromatic heterocycles. The van der Waals surface area contributed by atoms with Gasteiger partial charge in [0.1, 0.15) is 5.60 Å². The van der Waals surface area contributed by atoms with Gasteiger partial charge in [-0.25, -0.2) is 14.6 Å². The second kappa shape index (κ2) is 6.03. The van der Waals surface area contributed by atoms with E-state index in [1.807, 2.05) is 6.92 Å². The van der Waals surface area contributed by atoms with Crippen molar-refractivity contribution in [2.75, 3.05) is 13.7 Å². The smallest absolute Gasteiger partial charge is 0.330 e. The van der Waals surface area contributed by atoms with Gasteiger partial charge < -0.3 is 9.47 Å². The van der Waals surface area contributed by atoms with Crippen molar-refractivity contribution in [3.8, 4) is 0 Å². The summed E-state index contributed by atoms with van der Waals surface area (Å²) in [6.45, 7) is 2.43. The minimum Gasteiger partial charge on any atom is -0.466 e. The van der Waals surface area contributed by atoms with Crippen LogP contribution in [0.4, 0.5) is 0 Å². The molecular weight excluding hydrogens is 248 g/mol. The molecule has 5 heteroatoms. The Hall–Kier alpha value is -0.910. The molecule has 2 fully saturated rings. The van der Waals surface area contributed by atoms with Crippen molar-refractivity contribution in [1.82, 2.24) is 0 Å². The molecule has 0 radical (unpaired) electrons. The van der Waals surface area contributed by atoms with Crippen LogP contribution in [0.5, 0.6) is 0 Å². The molecule has 1 aliphatic carbocycles. The van der Waals surface area contributed by atoms with Gasteiger partial charge in [-0.05, 0) is 25.8 Å². The normalized spacial score (nSPS) is 31.3. The van der Waals surface area contributed by atoms with Crippen molar-refractivity contribution >= 4 is 5.97 Å². The highest BCUT2D eigenvalue weighted by Gasteiger charge is 2.41. The van der Waals surface area contributed by atoms with E-state index in [2.05, 4.69) is 4.74 Å². The van der Waals surface area contributed by atoms with Crippen LogP contribution < -0.4 is 0 Å². The molecule has 0 bridgehead atoms. The van der Waals surface area contributed by atoms with Crippen molar-refractivity contribution in [2.45, 2.75) is 56.8 Å². The zero-order valence-electron chi connectivity index (χ0n) is 11.6. The summed E-state index contributed by atoms with van der Waals surface area (Å²) in [6.07, 6.45) is 8.81. The van der Waals surface area contributed by atoms with E-state index in [1.54, 1.807) is 6.08 Å². The van der Waals surface area contributed by atoms with E-state index in [9.17, 15) is 4.79 Å². The van der Waals surface area contributed by atoms with Crippen LogP contribution in [-0.2, 0) is 24.0 Å². The molecule has 0 N–H and O–H groups in total. The summed E-state index contributed by atoms with van der Waals surface area (Å²) in [5.41, 5.74) is -0.658. The molecule has 1 heterocycles. The molecule has 1 saturated carbocycles. The van der Waals surface area contributed by atoms with E-state index in [0.29, 0.717) is 13.0 Å². The van der Waals surface area contributed by atoms with Crippen molar-refractivity contribution in [1.29, 1.82) is 0 Å². The second-order valence-corrected chi connectivity index (χ2v) is 5.41. The lowest BCUT2D eigenvalue weighted by Gasteiger charge is -2.34. The summed E-state index contributed by atoms with van der Waals surface area (Å²) in [4.78, 5) is 22.3. The van der Waals surface area contributed by atoms with Crippen LogP contribution in [-0.4, -0.2) is 31.1 Å². The van der Waals surface area contributed by atoms with Crippen molar-refractivity contribution < 1.29 is 24.0 Å². The fraction of sp³-hybridized carbons (Fsp3) is 0.786. The molecule has 1 saturated heterocycles. The number of rotatable bonds is 2. The molecule has 1 atom stereocenters. The molecule has 19 heavy (non-hydrogen) atoms. The van der Waals surface area contributed by atoms with E-state index in [1.165, 1.54) is 19.6 Å². The van der Waals surface area contributed by atoms with Gasteiger partial charge in [0.05, 0.1) is 13.7 Å². The van der Waals surface area contributed by atoms with Gasteiger partial charge in [0.2, 0.25) is 5.79 Å². The Labute approximate surface area is 113 Å². The minimum absolute atomic E-state index is 0.401. The van der Waals surface area contributed by atoms with Crippen LogP contribution in [0.25, 0.3) is 0 Å². The number of hydrogen-bond acceptors (Lipinski definition) is 5. The largest absolute Gasteiger partial charge is 0.466 e. The zero-order chi connectivity index (χ0) is 13.8. The van der Waals surface area contributed by atoms with Crippen LogP contribution in [0.15, 0.2) is 12.2 Å². The lowest BCUT2D eigenvalue weighted by molar-refractivity contribution is -0.445. The van der Waals surface area contributed by atoms with Crippen LogP contribution in [0.2, 0.25) is 0 Å². The Morgan fingerprint density at radius 2 is 1.89 bits per heavy atom. The van der Waals surface area contributed by atoms with E-state index in [0.717, 1.165) is 25.7 Å². The highest BCUT2D eigenvalue weighted by molar-refractivity contribution is 5.81. The Kier molecular flexibility index (Phi) is 4.60. The maximum absolute atomic E-state index is 11.1. The number of methoxy groups -OCH3 is 1. The van der Waals surface area contributed by atoms with Gasteiger partial charge in [-0.15, -0.1) is 0 Å². The first-order valence-electron chi connectivity index (χ1n) is 6.86. The van der Waals surface area contributed by atoms with E-state index >= 15 is 0 Å². The first kappa shape index (κ1) is 14.5. The number of hydrogen-bond donors (Lipinski definition) is 0. The van der Waals surface area contributed by atoms with Gasteiger partial charge in [-0.1, -0.05) is 6.42 Å². The van der Waals surface area contributed by atoms with Gasteiger partial charge in [0, 0.05) is 25.3 Å². The molecule has 1 aliphatic heterocycles. The predicted octanol–water partition coefficient (Wildman–Crippen LogP) is 2.50. The topological polar surface area (TPSA) is 54.0 Å². The summed E-state index contributed by atoms with van der Waals surface area (Å²) in [5, 5.41) is 0. The average molecular weight is 270 g/mol. The van der Waals surface area contributed by atoms with E-state index in [4.69, 9.17) is 14.5 Å². The molecule has 2 aliphatic rings. The fourth-order valence-electron chi connectivity index (χ4n) is 2.42. The molecule has 1 spiro atoms. The van der Waals surface area contributed by atoms with Crippen LogP contribution in [0.1, 0.15) is 45.4 Å². The Morgan fingerprint density at radius 1 is 1.16 bits per heavy atom. The van der Waals surface area contributed by atoms with Crippen LogP contribution >= 0.6 is 0 Å². The number of ether oxygens (including phenoxy) is 2. The quantitative estimate of drug-likeness (QED) is 0.438. The summed E-state index contributed by atoms with van der Waals surface area (Å²) in [7, 11) is 1.35. The zero-order valence-corrected chi connectivity index (χ0v) is 11.6. The SMILES string of the molecule is COC(=O)/C=C/C1(C)CCOC2(CCCCC2)OO1. The van der Waals surface area contributed by atoms with Gasteiger partial charge >= 0.3 is 5.97 Å². The molecule has 1 unspecified atom stereocenters. The highest BCUT2D eigenvalue weighted by atomic mass is 17.2. The number of esters is 1. The standard InChI is InChI=1S/C14H22O5/c1-13(9-6-12(15)16-2)10-11-17-14(19-18-13)7-4-3-5-8-14/h6,9H,3-5,7-8,10-11H2,1-2H3/b9-6+. The first-order valence-corrected chi connectivity index (χ1v) is 6.86. The first-order chi connectivity index (χ1) is 9.08. The van der Waals surface area contributed by atoms with E-state index in [-0.39, 0.29) is 0 Å². The lowest BCUT2D eigenvalue weighted by Crippen LogP contribution is -2.38. The van der Waals surface area contributed by atoms with Gasteiger partial charge in [0.25, 0.3) is 0 Å². The van der Waals surface area contributed by atoms with Crippen molar-refractivity contribution in [2.24, 2.45) is 0 Å². The number of carbonyl (C=O) groups is 1. The van der Waals surface area contributed by atoms with Gasteiger partial charge in [-0.2, -0.15) is 0 Å². The molecule has 108 valence electrons. The Balaban J connectivity index is 1.98. The van der Waals surface area contributed by atoms with Crippen molar-refractivity contribution in [3.63, 3.8) is 0 Å². The van der Waals surface area contributed by atoms with Crippen LogP contribution in [0, 0.1) is 0 Å². The lowest BCUT2D eigenvalue weighted by atomic mass is 9.94. The molecule has 2 rings (SSSR count). The monoisotopic (exact) mass is 270 g/mol. The summed E-state index contributed by atoms with van der Waals surface area (Å²) in [6, 6.07) is 0. The maximum Gasteiger partial charge on any atom is 0.330 e. The second-order valence-electron chi connectivity index (χ2n) is 5.41. The third-order valence-electron chi connectivity index (χ3n) is 3.74. The van der Waals surface area contributed by atoms with Crippen LogP contribution in [0.3, 0.4) is 0 Å². The third-order valence-corrected chi connectivity index (χ3v) is 3.74. The third kappa shape index (κ3) is 3.78. The predicted molar refractivity (Wildman–Crippen MR) is 68.1 cm³/mol. The molecule has 5 nitrogen and oxygen atoms in total. The average Bonchev–Trinajstić information content (AvgIpc) is 2.58. The molecule has 0 aromatic carbocycles. The highest BCUT2D eigenvalue weighted by Crippen LogP contribution is 2.37. The Bertz CT molecular complexity index is 346. The Morgan fingerprint density at radius 3 is 2.58 bits per heavy atom. The minimum atomic E-state index is -0.658. The molecule has 0 aromatic rings. The van der Waals surface area contributed by atoms with Crippen molar-refractivity contribution in [3.05, 3.63) is 12.2 Å². The van der Waals surface area contributed by atoms with E-state index < -0.39 is 17.4 Å². The maximum atomic E-state index is 11.1. The summed E-state index contributed by atoms with van der Waals surface area (Å²) < 4.78 is 10.4.